The van der Waals surface area contributed by atoms with Crippen molar-refractivity contribution in [2.45, 2.75) is 0 Å². The van der Waals surface area contributed by atoms with E-state index in [9.17, 15) is 0 Å². The van der Waals surface area contributed by atoms with Crippen molar-refractivity contribution in [1.82, 2.24) is 0 Å². The fourth-order valence-electron chi connectivity index (χ4n) is 0. The Balaban J connectivity index is -0.00000000117. The van der Waals surface area contributed by atoms with Crippen molar-refractivity contribution in [2.24, 2.45) is 0 Å². The van der Waals surface area contributed by atoms with Crippen LogP contribution in [0.5, 0.6) is 0 Å². The van der Waals surface area contributed by atoms with E-state index in [1.807, 2.05) is 0 Å². The van der Waals surface area contributed by atoms with Gasteiger partial charge in [-0.1, -0.05) is 0 Å². The van der Waals surface area contributed by atoms with Crippen LogP contribution in [-0.2, 0) is 15.0 Å². The summed E-state index contributed by atoms with van der Waals surface area (Å²) in [6, 6.07) is 0. The quantitative estimate of drug-likeness (QED) is 0.109. The standard InChI is InChI=1S/Al.3Na.H3O4P.H2O4S.14H2O.6H/c;;;;2*1-5(2,3)4;;;;;;;;;;;;;;;;;;;;/h;;;;(H3,1,2,3,4);(H2,1,2,3,4);14*1H2;;;;;;/q;3*+1;;;;;;;;;;;;;;;;;;;;3*-1. The van der Waals surface area contributed by atoms with Crippen molar-refractivity contribution in [3.63, 3.8) is 0 Å². The molecule has 0 saturated carbocycles. The van der Waals surface area contributed by atoms with E-state index in [2.05, 4.69) is 0 Å². The van der Waals surface area contributed by atoms with Crippen molar-refractivity contribution >= 4 is 35.6 Å². The molecular weight excluding hydrogens is 511 g/mol. The zero-order chi connectivity index (χ0) is 9.00. The molecule has 0 saturated heterocycles. The van der Waals surface area contributed by atoms with Gasteiger partial charge in [-0.3, -0.25) is 9.11 Å². The molecule has 0 amide bonds. The third-order valence-corrected chi connectivity index (χ3v) is 0. The van der Waals surface area contributed by atoms with Crippen LogP contribution in [0.4, 0.5) is 0 Å². The molecule has 0 fully saturated rings. The van der Waals surface area contributed by atoms with Gasteiger partial charge in [0.25, 0.3) is 0 Å². The van der Waals surface area contributed by atoms with Gasteiger partial charge in [-0.05, 0) is 0 Å². The van der Waals surface area contributed by atoms with E-state index >= 15 is 0 Å². The summed E-state index contributed by atoms with van der Waals surface area (Å²) in [5, 5.41) is 0. The summed E-state index contributed by atoms with van der Waals surface area (Å²) in [6.45, 7) is 0. The van der Waals surface area contributed by atoms with Gasteiger partial charge in [-0.2, -0.15) is 8.42 Å². The van der Waals surface area contributed by atoms with E-state index in [-0.39, 0.29) is 187 Å². The maximum atomic E-state index is 8.88. The molecule has 0 radical (unpaired) electrons. The molecule has 28 heavy (non-hydrogen) atoms. The summed E-state index contributed by atoms with van der Waals surface area (Å²) in [6.07, 6.45) is 0. The van der Waals surface area contributed by atoms with Crippen LogP contribution >= 0.6 is 7.82 Å². The topological polar surface area (TPSA) is 593 Å². The molecule has 0 spiro atoms. The third-order valence-electron chi connectivity index (χ3n) is 0. The Hall–Kier alpha value is 2.95. The summed E-state index contributed by atoms with van der Waals surface area (Å²) in [7, 11) is -9.31. The van der Waals surface area contributed by atoms with Crippen molar-refractivity contribution in [3.8, 4) is 0 Å². The first-order valence-electron chi connectivity index (χ1n) is 1.48. The molecule has 22 nitrogen and oxygen atoms in total. The maximum absolute atomic E-state index is 8.88. The van der Waals surface area contributed by atoms with Crippen LogP contribution in [0.3, 0.4) is 0 Å². The van der Waals surface area contributed by atoms with Crippen LogP contribution in [0.1, 0.15) is 4.28 Å². The predicted octanol–water partition coefficient (Wildman–Crippen LogP) is -23.0. The molecule has 0 aromatic heterocycles. The van der Waals surface area contributed by atoms with Crippen LogP contribution in [0.15, 0.2) is 0 Å². The number of rotatable bonds is 0. The SMILES string of the molecule is O.O.O.O.O.O.O.O.O.O.O.O.O.O.O=P(O)(O)O.O=S(=O)(O)O.[AlH3].[H-].[H-].[H-].[Na+].[Na+].[Na+]. The van der Waals surface area contributed by atoms with E-state index in [1.54, 1.807) is 0 Å². The maximum Gasteiger partial charge on any atom is 1.00 e. The second-order valence-corrected chi connectivity index (χ2v) is 2.88. The number of hydrogen-bond donors (Lipinski definition) is 5. The van der Waals surface area contributed by atoms with Crippen LogP contribution < -0.4 is 88.7 Å². The van der Waals surface area contributed by atoms with Gasteiger partial charge >= 0.3 is 107 Å². The molecule has 0 rings (SSSR count). The molecule has 28 heteroatoms. The van der Waals surface area contributed by atoms with Crippen LogP contribution in [0.25, 0.3) is 0 Å². The Morgan fingerprint density at radius 2 is 0.500 bits per heavy atom. The molecule has 33 N–H and O–H groups in total. The molecule has 0 bridgehead atoms. The molecule has 0 atom stereocenters. The third kappa shape index (κ3) is 2600. The van der Waals surface area contributed by atoms with Crippen molar-refractivity contribution in [3.05, 3.63) is 0 Å². The van der Waals surface area contributed by atoms with Crippen molar-refractivity contribution in [1.29, 1.82) is 0 Å². The van der Waals surface area contributed by atoms with E-state index in [0.717, 1.165) is 0 Å². The predicted molar refractivity (Wildman–Crippen MR) is 92.3 cm³/mol. The Bertz CT molecular complexity index is 224. The van der Waals surface area contributed by atoms with Crippen molar-refractivity contribution in [2.75, 3.05) is 0 Å². The molecule has 0 unspecified atom stereocenters. The average Bonchev–Trinajstić information content (AvgIpc) is 1.12. The molecule has 0 aliphatic rings. The molecule has 0 heterocycles. The van der Waals surface area contributed by atoms with Gasteiger partial charge < -0.3 is 95.6 Å². The molecule has 0 aliphatic heterocycles. The fraction of sp³-hybridized carbons (Fsp3) is 0. The van der Waals surface area contributed by atoms with Crippen LogP contribution in [-0.4, -0.2) is 126 Å². The Morgan fingerprint density at radius 3 is 0.500 bits per heavy atom. The van der Waals surface area contributed by atoms with Gasteiger partial charge in [-0.15, -0.1) is 0 Å². The molecule has 0 aromatic carbocycles. The number of hydrogen-bond acceptors (Lipinski definition) is 3. The van der Waals surface area contributed by atoms with Gasteiger partial charge in [0.05, 0.1) is 0 Å². The smallest absolute Gasteiger partial charge is 1.00 e. The minimum atomic E-state index is -4.67. The van der Waals surface area contributed by atoms with E-state index < -0.39 is 18.2 Å². The monoisotopic (exact) mass is 550 g/mol. The molecule has 0 aromatic rings. The second-order valence-electron chi connectivity index (χ2n) is 0.961. The summed E-state index contributed by atoms with van der Waals surface area (Å²) >= 11 is 0. The first-order chi connectivity index (χ1) is 4.00. The van der Waals surface area contributed by atoms with Crippen molar-refractivity contribution < 1.29 is 206 Å². The minimum absolute atomic E-state index is 0. The Morgan fingerprint density at radius 1 is 0.500 bits per heavy atom. The van der Waals surface area contributed by atoms with Crippen LogP contribution in [0, 0.1) is 0 Å². The van der Waals surface area contributed by atoms with E-state index in [1.165, 1.54) is 0 Å². The summed E-state index contributed by atoms with van der Waals surface area (Å²) < 4.78 is 40.5. The van der Waals surface area contributed by atoms with Gasteiger partial charge in [0.15, 0.2) is 17.4 Å². The van der Waals surface area contributed by atoms with Gasteiger partial charge in [0.1, 0.15) is 0 Å². The first-order valence-corrected chi connectivity index (χ1v) is 4.44. The second kappa shape index (κ2) is 112. The summed E-state index contributed by atoms with van der Waals surface area (Å²) in [4.78, 5) is 21.6. The van der Waals surface area contributed by atoms with E-state index in [0.29, 0.717) is 0 Å². The largest absolute Gasteiger partial charge is 1.00 e. The molecule has 188 valence electrons. The number of phosphoric acid groups is 1. The average molecular weight is 550 g/mol. The Kier molecular flexibility index (Phi) is 928. The Labute approximate surface area is 239 Å². The first kappa shape index (κ1) is 231. The fourth-order valence-corrected chi connectivity index (χ4v) is 0. The van der Waals surface area contributed by atoms with Gasteiger partial charge in [0.2, 0.25) is 0 Å². The summed E-state index contributed by atoms with van der Waals surface area (Å²) in [5.74, 6) is 0. The normalized spacial score (nSPS) is 4.18. The summed E-state index contributed by atoms with van der Waals surface area (Å²) in [5.41, 5.74) is 0. The van der Waals surface area contributed by atoms with Gasteiger partial charge in [0, 0.05) is 0 Å². The molecule has 0 aliphatic carbocycles. The minimum Gasteiger partial charge on any atom is -1.00 e. The van der Waals surface area contributed by atoms with Crippen LogP contribution in [0.2, 0.25) is 0 Å². The zero-order valence-electron chi connectivity index (χ0n) is 17.3. The molecular formula is H39AlNa3O22PS. The zero-order valence-corrected chi connectivity index (χ0v) is 22.0. The van der Waals surface area contributed by atoms with Gasteiger partial charge in [-0.25, -0.2) is 4.57 Å². The van der Waals surface area contributed by atoms with E-state index in [4.69, 9.17) is 36.8 Å².